The van der Waals surface area contributed by atoms with Crippen LogP contribution in [0.4, 0.5) is 22.7 Å². The first-order valence-electron chi connectivity index (χ1n) is 15.2. The van der Waals surface area contributed by atoms with Crippen molar-refractivity contribution in [2.45, 2.75) is 32.0 Å². The number of carbonyl (C=O) groups is 2. The predicted molar refractivity (Wildman–Crippen MR) is 179 cm³/mol. The molecule has 0 aromatic heterocycles. The Morgan fingerprint density at radius 3 is 1.65 bits per heavy atom. The van der Waals surface area contributed by atoms with Gasteiger partial charge in [-0.3, -0.25) is 0 Å². The number of carbonyl (C=O) groups excluding carboxylic acids is 2. The van der Waals surface area contributed by atoms with Gasteiger partial charge < -0.3 is 24.0 Å². The summed E-state index contributed by atoms with van der Waals surface area (Å²) >= 11 is 0. The van der Waals surface area contributed by atoms with Gasteiger partial charge in [0.1, 0.15) is 17.1 Å². The number of nitrogens with zero attached hydrogens (tertiary/aromatic N) is 2. The summed E-state index contributed by atoms with van der Waals surface area (Å²) in [6.45, 7) is 5.43. The average Bonchev–Trinajstić information content (AvgIpc) is 3.35. The molecule has 0 radical (unpaired) electrons. The Morgan fingerprint density at radius 2 is 1.15 bits per heavy atom. The van der Waals surface area contributed by atoms with Gasteiger partial charge in [0.05, 0.1) is 11.1 Å². The fourth-order valence-corrected chi connectivity index (χ4v) is 6.19. The number of anilines is 4. The van der Waals surface area contributed by atoms with E-state index in [1.54, 1.807) is 18.2 Å². The van der Waals surface area contributed by atoms with Crippen LogP contribution < -0.4 is 14.5 Å². The Balaban J connectivity index is 1.39. The van der Waals surface area contributed by atoms with Gasteiger partial charge >= 0.3 is 11.9 Å². The lowest BCUT2D eigenvalue weighted by Crippen LogP contribution is -2.33. The summed E-state index contributed by atoms with van der Waals surface area (Å²) in [4.78, 5) is 30.8. The lowest BCUT2D eigenvalue weighted by Gasteiger charge is -2.37. The summed E-state index contributed by atoms with van der Waals surface area (Å²) < 4.78 is 18.7. The molecular weight excluding hydrogens is 576 g/mol. The second kappa shape index (κ2) is 10.8. The molecule has 0 atom stereocenters. The van der Waals surface area contributed by atoms with Crippen LogP contribution in [0.1, 0.15) is 58.2 Å². The quantitative estimate of drug-likeness (QED) is 0.184. The van der Waals surface area contributed by atoms with Crippen LogP contribution in [-0.4, -0.2) is 31.6 Å². The SMILES string of the molecule is CN(c1ccccc1)c1ccc2c(c1)Oc1cc(N(C)c3ccccc3)ccc1C21OC(=O)c2cc(C(=O)OC(C)(C)C)ccc21. The van der Waals surface area contributed by atoms with Crippen molar-refractivity contribution in [3.63, 3.8) is 0 Å². The number of rotatable bonds is 5. The van der Waals surface area contributed by atoms with Gasteiger partial charge in [0, 0.05) is 65.7 Å². The third kappa shape index (κ3) is 4.85. The van der Waals surface area contributed by atoms with Crippen LogP contribution in [0.5, 0.6) is 11.5 Å². The zero-order valence-corrected chi connectivity index (χ0v) is 26.4. The Labute approximate surface area is 268 Å². The zero-order valence-electron chi connectivity index (χ0n) is 26.4. The molecule has 0 saturated carbocycles. The first-order chi connectivity index (χ1) is 22.0. The molecular formula is C39H34N2O5. The highest BCUT2D eigenvalue weighted by atomic mass is 16.6. The molecule has 2 aliphatic heterocycles. The van der Waals surface area contributed by atoms with Crippen molar-refractivity contribution in [1.82, 2.24) is 0 Å². The third-order valence-corrected chi connectivity index (χ3v) is 8.47. The summed E-state index contributed by atoms with van der Waals surface area (Å²) in [6, 6.07) is 37.1. The van der Waals surface area contributed by atoms with Gasteiger partial charge in [0.2, 0.25) is 0 Å². The van der Waals surface area contributed by atoms with Crippen molar-refractivity contribution < 1.29 is 23.8 Å². The standard InChI is InChI=1S/C39H34N2O5/c1-38(2,3)45-36(42)25-16-19-31-30(22-25)37(43)46-39(31)32-20-17-28(40(4)26-12-8-6-9-13-26)23-34(32)44-35-24-29(18-21-33(35)39)41(5)27-14-10-7-11-15-27/h6-24H,1-5H3. The van der Waals surface area contributed by atoms with Crippen molar-refractivity contribution >= 4 is 34.7 Å². The van der Waals surface area contributed by atoms with E-state index in [4.69, 9.17) is 14.2 Å². The maximum atomic E-state index is 13.7. The highest BCUT2D eigenvalue weighted by molar-refractivity contribution is 6.00. The van der Waals surface area contributed by atoms with Crippen LogP contribution in [0.15, 0.2) is 115 Å². The minimum atomic E-state index is -1.28. The van der Waals surface area contributed by atoms with Crippen molar-refractivity contribution in [2.75, 3.05) is 23.9 Å². The van der Waals surface area contributed by atoms with E-state index in [0.717, 1.165) is 22.7 Å². The summed E-state index contributed by atoms with van der Waals surface area (Å²) in [6.07, 6.45) is 0. The Bertz CT molecular complexity index is 1890. The third-order valence-electron chi connectivity index (χ3n) is 8.47. The maximum Gasteiger partial charge on any atom is 0.340 e. The molecule has 0 N–H and O–H groups in total. The summed E-state index contributed by atoms with van der Waals surface area (Å²) in [5, 5.41) is 0. The molecule has 7 rings (SSSR count). The molecule has 7 nitrogen and oxygen atoms in total. The van der Waals surface area contributed by atoms with E-state index in [0.29, 0.717) is 33.8 Å². The number of para-hydroxylation sites is 2. The van der Waals surface area contributed by atoms with Gasteiger partial charge in [0.25, 0.3) is 0 Å². The van der Waals surface area contributed by atoms with Crippen LogP contribution in [0.25, 0.3) is 0 Å². The van der Waals surface area contributed by atoms with Crippen molar-refractivity contribution in [3.05, 3.63) is 143 Å². The van der Waals surface area contributed by atoms with E-state index < -0.39 is 23.1 Å². The Kier molecular flexibility index (Phi) is 6.85. The van der Waals surface area contributed by atoms with Gasteiger partial charge in [-0.25, -0.2) is 9.59 Å². The van der Waals surface area contributed by atoms with Crippen LogP contribution in [-0.2, 0) is 15.1 Å². The molecule has 5 aromatic rings. The van der Waals surface area contributed by atoms with Gasteiger partial charge in [0.15, 0.2) is 5.60 Å². The molecule has 7 heteroatoms. The minimum absolute atomic E-state index is 0.287. The number of esters is 2. The molecule has 0 amide bonds. The summed E-state index contributed by atoms with van der Waals surface area (Å²) in [5.74, 6) is 0.127. The van der Waals surface area contributed by atoms with E-state index in [2.05, 4.69) is 9.80 Å². The van der Waals surface area contributed by atoms with Crippen molar-refractivity contribution in [1.29, 1.82) is 0 Å². The number of ether oxygens (including phenoxy) is 3. The van der Waals surface area contributed by atoms with E-state index in [1.807, 2.05) is 132 Å². The molecule has 0 fully saturated rings. The fourth-order valence-electron chi connectivity index (χ4n) is 6.19. The highest BCUT2D eigenvalue weighted by Gasteiger charge is 2.54. The molecule has 5 aromatic carbocycles. The van der Waals surface area contributed by atoms with Crippen LogP contribution in [0, 0.1) is 0 Å². The van der Waals surface area contributed by atoms with E-state index in [-0.39, 0.29) is 5.56 Å². The highest BCUT2D eigenvalue weighted by Crippen LogP contribution is 2.57. The molecule has 0 unspecified atom stereocenters. The summed E-state index contributed by atoms with van der Waals surface area (Å²) in [7, 11) is 4.00. The monoisotopic (exact) mass is 610 g/mol. The molecule has 46 heavy (non-hydrogen) atoms. The van der Waals surface area contributed by atoms with Gasteiger partial charge in [-0.1, -0.05) is 42.5 Å². The predicted octanol–water partition coefficient (Wildman–Crippen LogP) is 8.75. The largest absolute Gasteiger partial charge is 0.456 e. The van der Waals surface area contributed by atoms with Gasteiger partial charge in [-0.05, 0) is 81.4 Å². The molecule has 0 aliphatic carbocycles. The summed E-state index contributed by atoms with van der Waals surface area (Å²) in [5.41, 5.74) is 4.55. The second-order valence-corrected chi connectivity index (χ2v) is 12.6. The molecule has 0 saturated heterocycles. The Hall–Kier alpha value is -5.56. The van der Waals surface area contributed by atoms with Gasteiger partial charge in [-0.15, -0.1) is 0 Å². The number of hydrogen-bond acceptors (Lipinski definition) is 7. The minimum Gasteiger partial charge on any atom is -0.456 e. The molecule has 2 aliphatic rings. The zero-order chi connectivity index (χ0) is 32.2. The molecule has 2 heterocycles. The Morgan fingerprint density at radius 1 is 0.652 bits per heavy atom. The number of hydrogen-bond donors (Lipinski definition) is 0. The van der Waals surface area contributed by atoms with E-state index in [9.17, 15) is 9.59 Å². The first kappa shape index (κ1) is 29.2. The van der Waals surface area contributed by atoms with Crippen molar-refractivity contribution in [3.8, 4) is 11.5 Å². The van der Waals surface area contributed by atoms with Crippen LogP contribution in [0.3, 0.4) is 0 Å². The topological polar surface area (TPSA) is 68.3 Å². The first-order valence-corrected chi connectivity index (χ1v) is 15.2. The number of fused-ring (bicyclic) bond motifs is 6. The number of benzene rings is 5. The fraction of sp³-hybridized carbons (Fsp3) is 0.179. The van der Waals surface area contributed by atoms with Crippen LogP contribution in [0.2, 0.25) is 0 Å². The molecule has 0 bridgehead atoms. The molecule has 230 valence electrons. The smallest absolute Gasteiger partial charge is 0.340 e. The van der Waals surface area contributed by atoms with E-state index >= 15 is 0 Å². The average molecular weight is 611 g/mol. The van der Waals surface area contributed by atoms with Crippen LogP contribution >= 0.6 is 0 Å². The maximum absolute atomic E-state index is 13.7. The van der Waals surface area contributed by atoms with Gasteiger partial charge in [-0.2, -0.15) is 0 Å². The lowest BCUT2D eigenvalue weighted by atomic mass is 9.77. The normalized spacial score (nSPS) is 14.0. The van der Waals surface area contributed by atoms with E-state index in [1.165, 1.54) is 0 Å². The van der Waals surface area contributed by atoms with Crippen molar-refractivity contribution in [2.24, 2.45) is 0 Å². The lowest BCUT2D eigenvalue weighted by molar-refractivity contribution is 0.00690. The second-order valence-electron chi connectivity index (χ2n) is 12.6. The molecule has 1 spiro atoms.